The summed E-state index contributed by atoms with van der Waals surface area (Å²) in [6.07, 6.45) is 1.83. The molecule has 3 aromatic rings. The van der Waals surface area contributed by atoms with Gasteiger partial charge in [0.1, 0.15) is 6.61 Å². The number of thioether (sulfide) groups is 1. The van der Waals surface area contributed by atoms with Crippen molar-refractivity contribution in [1.29, 1.82) is 0 Å². The molecule has 1 heterocycles. The molecule has 30 heavy (non-hydrogen) atoms. The van der Waals surface area contributed by atoms with E-state index in [4.69, 9.17) is 21.1 Å². The van der Waals surface area contributed by atoms with E-state index in [0.717, 1.165) is 26.2 Å². The molecule has 0 bridgehead atoms. The molecular formula is C23H17BrClNO3S. The Hall–Kier alpha value is -2.41. The molecule has 0 atom stereocenters. The Kier molecular flexibility index (Phi) is 6.37. The van der Waals surface area contributed by atoms with E-state index in [-0.39, 0.29) is 5.91 Å². The Morgan fingerprint density at radius 3 is 2.70 bits per heavy atom. The fourth-order valence-electron chi connectivity index (χ4n) is 2.98. The zero-order valence-electron chi connectivity index (χ0n) is 15.9. The number of hydrogen-bond donors (Lipinski definition) is 1. The first-order valence-electron chi connectivity index (χ1n) is 9.09. The lowest BCUT2D eigenvalue weighted by molar-refractivity contribution is -0.112. The molecule has 0 radical (unpaired) electrons. The van der Waals surface area contributed by atoms with Gasteiger partial charge >= 0.3 is 0 Å². The molecule has 1 aliphatic rings. The predicted octanol–water partition coefficient (Wildman–Crippen LogP) is 6.78. The Morgan fingerprint density at radius 2 is 1.90 bits per heavy atom. The van der Waals surface area contributed by atoms with Crippen molar-refractivity contribution in [3.63, 3.8) is 0 Å². The summed E-state index contributed by atoms with van der Waals surface area (Å²) in [6, 6.07) is 19.0. The number of methoxy groups -OCH3 is 1. The highest BCUT2D eigenvalue weighted by Gasteiger charge is 2.21. The molecule has 4 nitrogen and oxygen atoms in total. The van der Waals surface area contributed by atoms with E-state index in [2.05, 4.69) is 21.2 Å². The van der Waals surface area contributed by atoms with Crippen LogP contribution in [0, 0.1) is 0 Å². The first-order chi connectivity index (χ1) is 14.5. The van der Waals surface area contributed by atoms with Crippen molar-refractivity contribution in [2.24, 2.45) is 0 Å². The summed E-state index contributed by atoms with van der Waals surface area (Å²) < 4.78 is 12.2. The van der Waals surface area contributed by atoms with Gasteiger partial charge in [-0.25, -0.2) is 0 Å². The van der Waals surface area contributed by atoms with Crippen LogP contribution in [0.5, 0.6) is 11.5 Å². The lowest BCUT2D eigenvalue weighted by Crippen LogP contribution is -2.17. The molecule has 0 saturated heterocycles. The summed E-state index contributed by atoms with van der Waals surface area (Å²) >= 11 is 11.2. The van der Waals surface area contributed by atoms with E-state index in [9.17, 15) is 4.79 Å². The number of ether oxygens (including phenoxy) is 2. The van der Waals surface area contributed by atoms with Crippen LogP contribution < -0.4 is 14.8 Å². The highest BCUT2D eigenvalue weighted by molar-refractivity contribution is 9.10. The zero-order chi connectivity index (χ0) is 21.1. The molecule has 0 saturated carbocycles. The van der Waals surface area contributed by atoms with Gasteiger partial charge in [0.05, 0.1) is 22.2 Å². The molecule has 0 fully saturated rings. The molecule has 0 aliphatic carbocycles. The van der Waals surface area contributed by atoms with Crippen molar-refractivity contribution in [3.05, 3.63) is 86.2 Å². The standard InChI is InChI=1S/C23H17BrClNO3S/c1-28-19-11-14(12-21-23(27)26-18-8-4-5-9-20(18)30-21)10-16(24)22(19)29-13-15-6-2-3-7-17(15)25/h2-12H,13H2,1H3,(H,26,27)/b21-12-. The van der Waals surface area contributed by atoms with Crippen LogP contribution in [-0.4, -0.2) is 13.0 Å². The van der Waals surface area contributed by atoms with E-state index in [1.807, 2.05) is 66.7 Å². The minimum absolute atomic E-state index is 0.132. The van der Waals surface area contributed by atoms with Gasteiger partial charge in [-0.15, -0.1) is 0 Å². The quantitative estimate of drug-likeness (QED) is 0.391. The van der Waals surface area contributed by atoms with E-state index in [0.29, 0.717) is 28.0 Å². The van der Waals surface area contributed by atoms with Crippen molar-refractivity contribution in [1.82, 2.24) is 0 Å². The maximum absolute atomic E-state index is 12.5. The highest BCUT2D eigenvalue weighted by Crippen LogP contribution is 2.41. The number of halogens is 2. The smallest absolute Gasteiger partial charge is 0.262 e. The fourth-order valence-corrected chi connectivity index (χ4v) is 4.70. The van der Waals surface area contributed by atoms with Gasteiger partial charge in [0.25, 0.3) is 5.91 Å². The van der Waals surface area contributed by atoms with Crippen LogP contribution in [0.1, 0.15) is 11.1 Å². The normalized spacial score (nSPS) is 14.2. The van der Waals surface area contributed by atoms with Crippen LogP contribution in [-0.2, 0) is 11.4 Å². The number of carbonyl (C=O) groups is 1. The number of rotatable bonds is 5. The van der Waals surface area contributed by atoms with Gasteiger partial charge in [-0.2, -0.15) is 0 Å². The highest BCUT2D eigenvalue weighted by atomic mass is 79.9. The largest absolute Gasteiger partial charge is 0.493 e. The number of hydrogen-bond acceptors (Lipinski definition) is 4. The second kappa shape index (κ2) is 9.16. The minimum Gasteiger partial charge on any atom is -0.493 e. The first-order valence-corrected chi connectivity index (χ1v) is 11.1. The molecular weight excluding hydrogens is 486 g/mol. The van der Waals surface area contributed by atoms with Gasteiger partial charge in [0.2, 0.25) is 0 Å². The molecule has 152 valence electrons. The summed E-state index contributed by atoms with van der Waals surface area (Å²) in [5.41, 5.74) is 2.53. The van der Waals surface area contributed by atoms with Crippen LogP contribution in [0.15, 0.2) is 74.9 Å². The topological polar surface area (TPSA) is 47.6 Å². The van der Waals surface area contributed by atoms with E-state index in [1.54, 1.807) is 7.11 Å². The van der Waals surface area contributed by atoms with Crippen molar-refractivity contribution >= 4 is 57.0 Å². The molecule has 4 rings (SSSR count). The van der Waals surface area contributed by atoms with Gasteiger partial charge in [-0.1, -0.05) is 53.7 Å². The van der Waals surface area contributed by atoms with Crippen LogP contribution in [0.25, 0.3) is 6.08 Å². The van der Waals surface area contributed by atoms with E-state index >= 15 is 0 Å². The number of para-hydroxylation sites is 1. The molecule has 1 N–H and O–H groups in total. The SMILES string of the molecule is COc1cc(/C=C2\Sc3ccccc3NC2=O)cc(Br)c1OCc1ccccc1Cl. The summed E-state index contributed by atoms with van der Waals surface area (Å²) in [6.45, 7) is 0.310. The molecule has 1 aliphatic heterocycles. The van der Waals surface area contributed by atoms with Gasteiger partial charge in [-0.05, 0) is 57.9 Å². The molecule has 0 aromatic heterocycles. The monoisotopic (exact) mass is 501 g/mol. The second-order valence-corrected chi connectivity index (χ2v) is 8.82. The van der Waals surface area contributed by atoms with Crippen LogP contribution >= 0.6 is 39.3 Å². The number of carbonyl (C=O) groups excluding carboxylic acids is 1. The average Bonchev–Trinajstić information content (AvgIpc) is 2.74. The summed E-state index contributed by atoms with van der Waals surface area (Å²) in [4.78, 5) is 14.1. The molecule has 7 heteroatoms. The Morgan fingerprint density at radius 1 is 1.13 bits per heavy atom. The fraction of sp³-hybridized carbons (Fsp3) is 0.0870. The van der Waals surface area contributed by atoms with Gasteiger partial charge in [0.15, 0.2) is 11.5 Å². The summed E-state index contributed by atoms with van der Waals surface area (Å²) in [7, 11) is 1.58. The lowest BCUT2D eigenvalue weighted by Gasteiger charge is -2.18. The molecule has 0 spiro atoms. The molecule has 0 unspecified atom stereocenters. The van der Waals surface area contributed by atoms with Crippen molar-refractivity contribution in [3.8, 4) is 11.5 Å². The minimum atomic E-state index is -0.132. The van der Waals surface area contributed by atoms with Gasteiger partial charge in [0, 0.05) is 15.5 Å². The number of nitrogens with one attached hydrogen (secondary N) is 1. The van der Waals surface area contributed by atoms with Gasteiger partial charge in [-0.3, -0.25) is 4.79 Å². The Balaban J connectivity index is 1.60. The van der Waals surface area contributed by atoms with Crippen LogP contribution in [0.4, 0.5) is 5.69 Å². The molecule has 1 amide bonds. The number of fused-ring (bicyclic) bond motifs is 1. The first kappa shape index (κ1) is 20.8. The zero-order valence-corrected chi connectivity index (χ0v) is 19.1. The maximum Gasteiger partial charge on any atom is 0.262 e. The predicted molar refractivity (Wildman–Crippen MR) is 125 cm³/mol. The lowest BCUT2D eigenvalue weighted by atomic mass is 10.1. The number of anilines is 1. The second-order valence-electron chi connectivity index (χ2n) is 6.48. The van der Waals surface area contributed by atoms with E-state index in [1.165, 1.54) is 11.8 Å². The van der Waals surface area contributed by atoms with Crippen molar-refractivity contribution < 1.29 is 14.3 Å². The van der Waals surface area contributed by atoms with Crippen LogP contribution in [0.3, 0.4) is 0 Å². The third-order valence-corrected chi connectivity index (χ3v) is 6.52. The average molecular weight is 503 g/mol. The summed E-state index contributed by atoms with van der Waals surface area (Å²) in [5, 5.41) is 3.57. The Labute approximate surface area is 192 Å². The maximum atomic E-state index is 12.5. The molecule has 3 aromatic carbocycles. The third-order valence-electron chi connectivity index (χ3n) is 4.46. The van der Waals surface area contributed by atoms with Crippen molar-refractivity contribution in [2.45, 2.75) is 11.5 Å². The summed E-state index contributed by atoms with van der Waals surface area (Å²) in [5.74, 6) is 1.00. The Bertz CT molecular complexity index is 1150. The number of benzene rings is 3. The van der Waals surface area contributed by atoms with Gasteiger partial charge < -0.3 is 14.8 Å². The third kappa shape index (κ3) is 4.51. The van der Waals surface area contributed by atoms with Crippen molar-refractivity contribution in [2.75, 3.05) is 12.4 Å². The number of amides is 1. The van der Waals surface area contributed by atoms with Crippen LogP contribution in [0.2, 0.25) is 5.02 Å². The van der Waals surface area contributed by atoms with E-state index < -0.39 is 0 Å².